The molecule has 0 saturated carbocycles. The van der Waals surface area contributed by atoms with Crippen LogP contribution in [0.4, 0.5) is 0 Å². The number of nitrogens with one attached hydrogen (secondary N) is 1. The van der Waals surface area contributed by atoms with Crippen molar-refractivity contribution in [2.24, 2.45) is 0 Å². The zero-order valence-corrected chi connectivity index (χ0v) is 12.0. The van der Waals surface area contributed by atoms with Gasteiger partial charge in [-0.2, -0.15) is 0 Å². The number of methoxy groups -OCH3 is 1. The quantitative estimate of drug-likeness (QED) is 0.938. The first-order valence-electron chi connectivity index (χ1n) is 7.24. The molecule has 1 amide bonds. The summed E-state index contributed by atoms with van der Waals surface area (Å²) in [5, 5.41) is 3.09. The average Bonchev–Trinajstić information content (AvgIpc) is 2.99. The number of fused-ring (bicyclic) bond motifs is 1. The van der Waals surface area contributed by atoms with E-state index in [9.17, 15) is 4.79 Å². The smallest absolute Gasteiger partial charge is 0.254 e. The van der Waals surface area contributed by atoms with Gasteiger partial charge in [0.15, 0.2) is 6.10 Å². The Bertz CT molecular complexity index is 606. The number of ether oxygens (including phenoxy) is 1. The third-order valence-corrected chi connectivity index (χ3v) is 3.94. The van der Waals surface area contributed by atoms with Gasteiger partial charge in [0.1, 0.15) is 5.76 Å². The Morgan fingerprint density at radius 2 is 2.14 bits per heavy atom. The van der Waals surface area contributed by atoms with Gasteiger partial charge in [0.2, 0.25) is 0 Å². The van der Waals surface area contributed by atoms with Crippen LogP contribution in [0, 0.1) is 0 Å². The van der Waals surface area contributed by atoms with Gasteiger partial charge in [-0.1, -0.05) is 30.3 Å². The van der Waals surface area contributed by atoms with Crippen molar-refractivity contribution in [3.05, 3.63) is 59.5 Å². The van der Waals surface area contributed by atoms with Crippen LogP contribution in [0.5, 0.6) is 0 Å². The fourth-order valence-corrected chi connectivity index (χ4v) is 2.91. The molecule has 4 nitrogen and oxygen atoms in total. The van der Waals surface area contributed by atoms with E-state index >= 15 is 0 Å². The summed E-state index contributed by atoms with van der Waals surface area (Å²) in [5.74, 6) is 0.878. The minimum absolute atomic E-state index is 0.0152. The van der Waals surface area contributed by atoms with Crippen LogP contribution in [-0.4, -0.2) is 13.0 Å². The third kappa shape index (κ3) is 2.85. The van der Waals surface area contributed by atoms with E-state index < -0.39 is 6.10 Å². The number of furan rings is 1. The number of amides is 1. The molecule has 0 aliphatic heterocycles. The summed E-state index contributed by atoms with van der Waals surface area (Å²) in [6, 6.07) is 11.5. The molecule has 3 rings (SSSR count). The van der Waals surface area contributed by atoms with Crippen LogP contribution in [0.15, 0.2) is 47.1 Å². The standard InChI is InChI=1S/C17H19NO3/c1-20-16(12-6-3-2-4-7-12)17(19)18-14-8-5-9-15-13(14)10-11-21-15/h2-4,6-7,10-11,14,16H,5,8-9H2,1H3,(H,18,19)/t14-,16+/m1/s1. The number of benzene rings is 1. The molecule has 0 bridgehead atoms. The summed E-state index contributed by atoms with van der Waals surface area (Å²) in [4.78, 5) is 12.5. The second-order valence-corrected chi connectivity index (χ2v) is 5.28. The van der Waals surface area contributed by atoms with Crippen LogP contribution in [0.1, 0.15) is 41.9 Å². The van der Waals surface area contributed by atoms with Gasteiger partial charge in [0.25, 0.3) is 5.91 Å². The average molecular weight is 285 g/mol. The SMILES string of the molecule is CO[C@H](C(=O)N[C@@H]1CCCc2occc21)c1ccccc1. The molecule has 1 N–H and O–H groups in total. The molecule has 1 aromatic heterocycles. The summed E-state index contributed by atoms with van der Waals surface area (Å²) < 4.78 is 10.8. The lowest BCUT2D eigenvalue weighted by Crippen LogP contribution is -2.35. The van der Waals surface area contributed by atoms with E-state index in [-0.39, 0.29) is 11.9 Å². The maximum absolute atomic E-state index is 12.5. The highest BCUT2D eigenvalue weighted by molar-refractivity contribution is 5.82. The van der Waals surface area contributed by atoms with Gasteiger partial charge >= 0.3 is 0 Å². The van der Waals surface area contributed by atoms with Crippen LogP contribution in [0.25, 0.3) is 0 Å². The minimum atomic E-state index is -0.580. The van der Waals surface area contributed by atoms with Gasteiger partial charge in [0, 0.05) is 19.1 Å². The van der Waals surface area contributed by atoms with Crippen LogP contribution >= 0.6 is 0 Å². The molecule has 21 heavy (non-hydrogen) atoms. The molecular formula is C17H19NO3. The van der Waals surface area contributed by atoms with Crippen molar-refractivity contribution in [2.75, 3.05) is 7.11 Å². The number of carbonyl (C=O) groups is 1. The van der Waals surface area contributed by atoms with Gasteiger partial charge in [-0.05, 0) is 24.5 Å². The summed E-state index contributed by atoms with van der Waals surface area (Å²) in [6.07, 6.45) is 4.02. The third-order valence-electron chi connectivity index (χ3n) is 3.94. The molecule has 1 aliphatic rings. The normalized spacial score (nSPS) is 18.8. The van der Waals surface area contributed by atoms with Crippen LogP contribution in [0.3, 0.4) is 0 Å². The molecule has 0 fully saturated rings. The number of carbonyl (C=O) groups excluding carboxylic acids is 1. The van der Waals surface area contributed by atoms with E-state index in [1.165, 1.54) is 0 Å². The fourth-order valence-electron chi connectivity index (χ4n) is 2.91. The lowest BCUT2D eigenvalue weighted by molar-refractivity contribution is -0.132. The van der Waals surface area contributed by atoms with E-state index in [1.54, 1.807) is 13.4 Å². The molecule has 2 atom stereocenters. The second kappa shape index (κ2) is 6.14. The Kier molecular flexibility index (Phi) is 4.06. The number of aryl methyl sites for hydroxylation is 1. The summed E-state index contributed by atoms with van der Waals surface area (Å²) in [7, 11) is 1.56. The van der Waals surface area contributed by atoms with E-state index in [1.807, 2.05) is 36.4 Å². The number of hydrogen-bond donors (Lipinski definition) is 1. The predicted molar refractivity (Wildman–Crippen MR) is 78.7 cm³/mol. The molecule has 1 aliphatic carbocycles. The largest absolute Gasteiger partial charge is 0.469 e. The molecule has 1 aromatic carbocycles. The Hall–Kier alpha value is -2.07. The van der Waals surface area contributed by atoms with Crippen LogP contribution in [-0.2, 0) is 16.0 Å². The molecule has 0 radical (unpaired) electrons. The second-order valence-electron chi connectivity index (χ2n) is 5.28. The molecule has 110 valence electrons. The highest BCUT2D eigenvalue weighted by Crippen LogP contribution is 2.31. The maximum Gasteiger partial charge on any atom is 0.254 e. The zero-order chi connectivity index (χ0) is 14.7. The van der Waals surface area contributed by atoms with Crippen molar-refractivity contribution in [1.29, 1.82) is 0 Å². The van der Waals surface area contributed by atoms with Crippen molar-refractivity contribution in [3.63, 3.8) is 0 Å². The lowest BCUT2D eigenvalue weighted by atomic mass is 9.93. The predicted octanol–water partition coefficient (Wildman–Crippen LogP) is 3.16. The van der Waals surface area contributed by atoms with Gasteiger partial charge in [-0.25, -0.2) is 0 Å². The highest BCUT2D eigenvalue weighted by atomic mass is 16.5. The van der Waals surface area contributed by atoms with Crippen molar-refractivity contribution >= 4 is 5.91 Å². The number of rotatable bonds is 4. The maximum atomic E-state index is 12.5. The summed E-state index contributed by atoms with van der Waals surface area (Å²) in [6.45, 7) is 0. The lowest BCUT2D eigenvalue weighted by Gasteiger charge is -2.25. The first-order valence-corrected chi connectivity index (χ1v) is 7.24. The van der Waals surface area contributed by atoms with Gasteiger partial charge in [-0.15, -0.1) is 0 Å². The molecular weight excluding hydrogens is 266 g/mol. The molecule has 2 aromatic rings. The highest BCUT2D eigenvalue weighted by Gasteiger charge is 2.27. The van der Waals surface area contributed by atoms with Crippen LogP contribution in [0.2, 0.25) is 0 Å². The van der Waals surface area contributed by atoms with Crippen molar-refractivity contribution in [3.8, 4) is 0 Å². The first kappa shape index (κ1) is 13.9. The van der Waals surface area contributed by atoms with Crippen LogP contribution < -0.4 is 5.32 Å². The monoisotopic (exact) mass is 285 g/mol. The summed E-state index contributed by atoms with van der Waals surface area (Å²) in [5.41, 5.74) is 1.96. The van der Waals surface area contributed by atoms with Gasteiger partial charge < -0.3 is 14.5 Å². The topological polar surface area (TPSA) is 51.5 Å². The molecule has 1 heterocycles. The van der Waals surface area contributed by atoms with Gasteiger partial charge in [-0.3, -0.25) is 4.79 Å². The van der Waals surface area contributed by atoms with Crippen molar-refractivity contribution in [1.82, 2.24) is 5.32 Å². The summed E-state index contributed by atoms with van der Waals surface area (Å²) >= 11 is 0. The molecule has 0 spiro atoms. The first-order chi connectivity index (χ1) is 10.3. The number of hydrogen-bond acceptors (Lipinski definition) is 3. The Morgan fingerprint density at radius 1 is 1.33 bits per heavy atom. The van der Waals surface area contributed by atoms with Crippen molar-refractivity contribution in [2.45, 2.75) is 31.4 Å². The van der Waals surface area contributed by atoms with E-state index in [2.05, 4.69) is 5.32 Å². The fraction of sp³-hybridized carbons (Fsp3) is 0.353. The zero-order valence-electron chi connectivity index (χ0n) is 12.0. The van der Waals surface area contributed by atoms with E-state index in [0.717, 1.165) is 36.1 Å². The van der Waals surface area contributed by atoms with E-state index in [4.69, 9.17) is 9.15 Å². The Balaban J connectivity index is 1.75. The minimum Gasteiger partial charge on any atom is -0.469 e. The Labute approximate surface area is 124 Å². The van der Waals surface area contributed by atoms with Gasteiger partial charge in [0.05, 0.1) is 12.3 Å². The molecule has 0 saturated heterocycles. The Morgan fingerprint density at radius 3 is 2.90 bits per heavy atom. The molecule has 4 heteroatoms. The van der Waals surface area contributed by atoms with E-state index in [0.29, 0.717) is 0 Å². The van der Waals surface area contributed by atoms with Crippen molar-refractivity contribution < 1.29 is 13.9 Å². The molecule has 0 unspecified atom stereocenters.